The lowest BCUT2D eigenvalue weighted by Crippen LogP contribution is -2.07. The first-order valence-corrected chi connectivity index (χ1v) is 6.89. The number of ketones is 1. The van der Waals surface area contributed by atoms with Crippen molar-refractivity contribution in [2.45, 2.75) is 31.1 Å². The Bertz CT molecular complexity index is 543. The van der Waals surface area contributed by atoms with Gasteiger partial charge in [-0.05, 0) is 31.0 Å². The molecular formula is C12H14O3S. The number of rotatable bonds is 2. The zero-order chi connectivity index (χ0) is 11.9. The molecule has 0 saturated heterocycles. The van der Waals surface area contributed by atoms with E-state index in [0.29, 0.717) is 11.3 Å². The average molecular weight is 238 g/mol. The maximum Gasteiger partial charge on any atom is 0.179 e. The second kappa shape index (κ2) is 3.70. The Labute approximate surface area is 95.4 Å². The van der Waals surface area contributed by atoms with E-state index in [-0.39, 0.29) is 17.5 Å². The lowest BCUT2D eigenvalue weighted by atomic mass is 9.93. The highest BCUT2D eigenvalue weighted by atomic mass is 32.2. The largest absolute Gasteiger partial charge is 0.300 e. The normalized spacial score (nSPS) is 21.8. The molecule has 0 spiro atoms. The summed E-state index contributed by atoms with van der Waals surface area (Å²) in [5.74, 6) is -0.0396. The third-order valence-electron chi connectivity index (χ3n) is 2.98. The molecular weight excluding hydrogens is 224 g/mol. The van der Waals surface area contributed by atoms with E-state index in [4.69, 9.17) is 0 Å². The second-order valence-corrected chi connectivity index (χ2v) is 6.37. The van der Waals surface area contributed by atoms with Gasteiger partial charge in [-0.15, -0.1) is 0 Å². The highest BCUT2D eigenvalue weighted by Gasteiger charge is 2.35. The topological polar surface area (TPSA) is 51.2 Å². The quantitative estimate of drug-likeness (QED) is 0.790. The summed E-state index contributed by atoms with van der Waals surface area (Å²) in [4.78, 5) is 11.6. The van der Waals surface area contributed by atoms with Crippen LogP contribution in [0.5, 0.6) is 0 Å². The third-order valence-corrected chi connectivity index (χ3v) is 4.85. The molecule has 0 aromatic heterocycles. The molecule has 1 aromatic carbocycles. The number of Topliss-reactive ketones (excluding diaryl/α,β-unsaturated/α-hetero) is 1. The standard InChI is InChI=1S/C12H14O3S/c1-8-4-3-5-11-12(8)10(6-9(2)13)7-16(11,14)15/h3-5,10H,6-7H2,1-2H3. The summed E-state index contributed by atoms with van der Waals surface area (Å²) < 4.78 is 23.8. The van der Waals surface area contributed by atoms with E-state index in [1.54, 1.807) is 12.1 Å². The zero-order valence-electron chi connectivity index (χ0n) is 9.36. The Morgan fingerprint density at radius 3 is 2.75 bits per heavy atom. The first-order chi connectivity index (χ1) is 7.42. The van der Waals surface area contributed by atoms with Gasteiger partial charge in [-0.2, -0.15) is 0 Å². The van der Waals surface area contributed by atoms with Gasteiger partial charge in [0, 0.05) is 12.3 Å². The Balaban J connectivity index is 2.56. The molecule has 0 aliphatic carbocycles. The number of benzene rings is 1. The molecule has 1 atom stereocenters. The van der Waals surface area contributed by atoms with Crippen molar-refractivity contribution in [3.63, 3.8) is 0 Å². The summed E-state index contributed by atoms with van der Waals surface area (Å²) in [6.45, 7) is 3.40. The fourth-order valence-electron chi connectivity index (χ4n) is 2.39. The van der Waals surface area contributed by atoms with Crippen molar-refractivity contribution in [1.29, 1.82) is 0 Å². The minimum atomic E-state index is -3.18. The summed E-state index contributed by atoms with van der Waals surface area (Å²) in [6, 6.07) is 5.28. The van der Waals surface area contributed by atoms with E-state index in [1.165, 1.54) is 6.92 Å². The molecule has 16 heavy (non-hydrogen) atoms. The van der Waals surface area contributed by atoms with Crippen LogP contribution in [0.2, 0.25) is 0 Å². The van der Waals surface area contributed by atoms with Gasteiger partial charge in [0.05, 0.1) is 10.6 Å². The molecule has 0 N–H and O–H groups in total. The Morgan fingerprint density at radius 2 is 2.12 bits per heavy atom. The monoisotopic (exact) mass is 238 g/mol. The summed E-state index contributed by atoms with van der Waals surface area (Å²) in [7, 11) is -3.18. The molecule has 3 nitrogen and oxygen atoms in total. The lowest BCUT2D eigenvalue weighted by Gasteiger charge is -2.09. The van der Waals surface area contributed by atoms with Crippen LogP contribution in [-0.2, 0) is 14.6 Å². The van der Waals surface area contributed by atoms with E-state index in [0.717, 1.165) is 11.1 Å². The van der Waals surface area contributed by atoms with Gasteiger partial charge in [-0.3, -0.25) is 0 Å². The SMILES string of the molecule is CC(=O)CC1CS(=O)(=O)c2cccc(C)c21. The van der Waals surface area contributed by atoms with E-state index >= 15 is 0 Å². The number of carbonyl (C=O) groups excluding carboxylic acids is 1. The van der Waals surface area contributed by atoms with Crippen molar-refractivity contribution in [3.05, 3.63) is 29.3 Å². The molecule has 2 rings (SSSR count). The molecule has 1 aromatic rings. The van der Waals surface area contributed by atoms with Crippen LogP contribution in [0.3, 0.4) is 0 Å². The van der Waals surface area contributed by atoms with Crippen molar-refractivity contribution in [2.75, 3.05) is 5.75 Å². The summed E-state index contributed by atoms with van der Waals surface area (Å²) in [5.41, 5.74) is 1.81. The van der Waals surface area contributed by atoms with Crippen LogP contribution in [0.1, 0.15) is 30.4 Å². The predicted octanol–water partition coefficient (Wildman–Crippen LogP) is 1.85. The van der Waals surface area contributed by atoms with E-state index in [2.05, 4.69) is 0 Å². The van der Waals surface area contributed by atoms with Gasteiger partial charge in [0.1, 0.15) is 5.78 Å². The molecule has 0 radical (unpaired) electrons. The maximum absolute atomic E-state index is 11.9. The number of aryl methyl sites for hydroxylation is 1. The van der Waals surface area contributed by atoms with Gasteiger partial charge < -0.3 is 4.79 Å². The molecule has 4 heteroatoms. The molecule has 0 amide bonds. The summed E-state index contributed by atoms with van der Waals surface area (Å²) in [5, 5.41) is 0. The van der Waals surface area contributed by atoms with Crippen molar-refractivity contribution in [3.8, 4) is 0 Å². The maximum atomic E-state index is 11.9. The predicted molar refractivity (Wildman–Crippen MR) is 61.3 cm³/mol. The minimum absolute atomic E-state index is 0.0382. The van der Waals surface area contributed by atoms with Gasteiger partial charge in [0.25, 0.3) is 0 Å². The molecule has 1 unspecified atom stereocenters. The van der Waals surface area contributed by atoms with E-state index < -0.39 is 9.84 Å². The first kappa shape index (κ1) is 11.3. The van der Waals surface area contributed by atoms with Crippen LogP contribution in [0, 0.1) is 6.92 Å². The number of hydrogen-bond acceptors (Lipinski definition) is 3. The highest BCUT2D eigenvalue weighted by molar-refractivity contribution is 7.91. The van der Waals surface area contributed by atoms with E-state index in [1.807, 2.05) is 13.0 Å². The molecule has 0 bridgehead atoms. The zero-order valence-corrected chi connectivity index (χ0v) is 10.2. The number of carbonyl (C=O) groups is 1. The third kappa shape index (κ3) is 1.78. The van der Waals surface area contributed by atoms with Crippen molar-refractivity contribution in [2.24, 2.45) is 0 Å². The van der Waals surface area contributed by atoms with Gasteiger partial charge in [-0.1, -0.05) is 12.1 Å². The van der Waals surface area contributed by atoms with Crippen LogP contribution in [-0.4, -0.2) is 20.0 Å². The highest BCUT2D eigenvalue weighted by Crippen LogP contribution is 2.38. The van der Waals surface area contributed by atoms with Crippen LogP contribution < -0.4 is 0 Å². The van der Waals surface area contributed by atoms with Gasteiger partial charge in [-0.25, -0.2) is 8.42 Å². The smallest absolute Gasteiger partial charge is 0.179 e. The molecule has 1 heterocycles. The van der Waals surface area contributed by atoms with Crippen LogP contribution >= 0.6 is 0 Å². The van der Waals surface area contributed by atoms with E-state index in [9.17, 15) is 13.2 Å². The fourth-order valence-corrected chi connectivity index (χ4v) is 4.34. The van der Waals surface area contributed by atoms with Crippen LogP contribution in [0.15, 0.2) is 23.1 Å². The van der Waals surface area contributed by atoms with Crippen LogP contribution in [0.4, 0.5) is 0 Å². The first-order valence-electron chi connectivity index (χ1n) is 5.23. The molecule has 0 fully saturated rings. The number of fused-ring (bicyclic) bond motifs is 1. The number of sulfone groups is 1. The van der Waals surface area contributed by atoms with Gasteiger partial charge in [0.15, 0.2) is 9.84 Å². The van der Waals surface area contributed by atoms with Gasteiger partial charge in [0.2, 0.25) is 0 Å². The van der Waals surface area contributed by atoms with Crippen molar-refractivity contribution >= 4 is 15.6 Å². The van der Waals surface area contributed by atoms with Gasteiger partial charge >= 0.3 is 0 Å². The number of hydrogen-bond donors (Lipinski definition) is 0. The molecule has 1 aliphatic rings. The summed E-state index contributed by atoms with van der Waals surface area (Å²) >= 11 is 0. The fraction of sp³-hybridized carbons (Fsp3) is 0.417. The average Bonchev–Trinajstić information content (AvgIpc) is 2.38. The van der Waals surface area contributed by atoms with Crippen molar-refractivity contribution < 1.29 is 13.2 Å². The molecule has 0 saturated carbocycles. The lowest BCUT2D eigenvalue weighted by molar-refractivity contribution is -0.117. The summed E-state index contributed by atoms with van der Waals surface area (Å²) in [6.07, 6.45) is 0.317. The van der Waals surface area contributed by atoms with Crippen molar-refractivity contribution in [1.82, 2.24) is 0 Å². The molecule has 1 aliphatic heterocycles. The Morgan fingerprint density at radius 1 is 1.44 bits per heavy atom. The van der Waals surface area contributed by atoms with Crippen LogP contribution in [0.25, 0.3) is 0 Å². The minimum Gasteiger partial charge on any atom is -0.300 e. The second-order valence-electron chi connectivity index (χ2n) is 4.37. The Kier molecular flexibility index (Phi) is 2.62. The molecule has 86 valence electrons. The Hall–Kier alpha value is -1.16.